The molecule has 94 valence electrons. The van der Waals surface area contributed by atoms with Crippen LogP contribution in [0.1, 0.15) is 44.2 Å². The summed E-state index contributed by atoms with van der Waals surface area (Å²) in [6.45, 7) is 11.0. The predicted octanol–water partition coefficient (Wildman–Crippen LogP) is 4.22. The van der Waals surface area contributed by atoms with E-state index in [-0.39, 0.29) is 0 Å². The molecule has 0 fully saturated rings. The van der Waals surface area contributed by atoms with Crippen molar-refractivity contribution in [1.29, 1.82) is 0 Å². The third-order valence-corrected chi connectivity index (χ3v) is 2.78. The lowest BCUT2D eigenvalue weighted by Crippen LogP contribution is -1.98. The molecule has 0 bridgehead atoms. The van der Waals surface area contributed by atoms with Gasteiger partial charge >= 0.3 is 0 Å². The Balaban J connectivity index is 2.38. The molecule has 1 unspecified atom stereocenters. The Morgan fingerprint density at radius 3 is 2.41 bits per heavy atom. The molecule has 1 rings (SSSR count). The van der Waals surface area contributed by atoms with Gasteiger partial charge in [0.15, 0.2) is 0 Å². The van der Waals surface area contributed by atoms with Crippen LogP contribution in [0.2, 0.25) is 0 Å². The highest BCUT2D eigenvalue weighted by atomic mass is 17.2. The van der Waals surface area contributed by atoms with Crippen LogP contribution in [0.4, 0.5) is 0 Å². The molecule has 1 atom stereocenters. The third kappa shape index (κ3) is 5.16. The quantitative estimate of drug-likeness (QED) is 0.304. The maximum Gasteiger partial charge on any atom is 0.107 e. The molecule has 0 aliphatic carbocycles. The highest BCUT2D eigenvalue weighted by Crippen LogP contribution is 2.18. The minimum absolute atomic E-state index is 0.449. The molecule has 0 radical (unpaired) electrons. The Morgan fingerprint density at radius 1 is 1.24 bits per heavy atom. The fraction of sp³-hybridized carbons (Fsp3) is 0.467. The topological polar surface area (TPSA) is 18.5 Å². The first kappa shape index (κ1) is 13.9. The fourth-order valence-electron chi connectivity index (χ4n) is 1.43. The number of hydrogen-bond donors (Lipinski definition) is 0. The van der Waals surface area contributed by atoms with Gasteiger partial charge in [0.1, 0.15) is 13.2 Å². The van der Waals surface area contributed by atoms with Gasteiger partial charge in [-0.25, -0.2) is 9.78 Å². The first-order chi connectivity index (χ1) is 8.13. The largest absolute Gasteiger partial charge is 0.232 e. The molecular weight excluding hydrogens is 212 g/mol. The van der Waals surface area contributed by atoms with Gasteiger partial charge in [-0.3, -0.25) is 0 Å². The smallest absolute Gasteiger partial charge is 0.107 e. The summed E-state index contributed by atoms with van der Waals surface area (Å²) in [5.74, 6) is 0.615. The Labute approximate surface area is 104 Å². The second kappa shape index (κ2) is 7.25. The van der Waals surface area contributed by atoms with Crippen molar-refractivity contribution in [3.05, 3.63) is 47.5 Å². The van der Waals surface area contributed by atoms with Crippen LogP contribution in [0, 0.1) is 0 Å². The van der Waals surface area contributed by atoms with Crippen molar-refractivity contribution in [3.8, 4) is 0 Å². The molecule has 0 N–H and O–H groups in total. The maximum atomic E-state index is 5.10. The van der Waals surface area contributed by atoms with Crippen LogP contribution < -0.4 is 0 Å². The highest BCUT2D eigenvalue weighted by Gasteiger charge is 2.02. The second-order valence-corrected chi connectivity index (χ2v) is 4.53. The third-order valence-electron chi connectivity index (χ3n) is 2.78. The van der Waals surface area contributed by atoms with E-state index in [1.54, 1.807) is 0 Å². The molecular formula is C15H22O2. The Morgan fingerprint density at radius 2 is 1.88 bits per heavy atom. The summed E-state index contributed by atoms with van der Waals surface area (Å²) in [4.78, 5) is 10.1. The zero-order valence-electron chi connectivity index (χ0n) is 11.0. The van der Waals surface area contributed by atoms with E-state index in [9.17, 15) is 0 Å². The first-order valence-electron chi connectivity index (χ1n) is 6.11. The van der Waals surface area contributed by atoms with E-state index in [1.165, 1.54) is 5.56 Å². The number of benzene rings is 1. The summed E-state index contributed by atoms with van der Waals surface area (Å²) in [5, 5.41) is 0. The van der Waals surface area contributed by atoms with E-state index < -0.39 is 0 Å². The van der Waals surface area contributed by atoms with Gasteiger partial charge in [-0.15, -0.1) is 0 Å². The molecule has 17 heavy (non-hydrogen) atoms. The number of hydrogen-bond acceptors (Lipinski definition) is 2. The van der Waals surface area contributed by atoms with E-state index in [0.717, 1.165) is 17.6 Å². The van der Waals surface area contributed by atoms with Crippen molar-refractivity contribution in [1.82, 2.24) is 0 Å². The molecule has 2 nitrogen and oxygen atoms in total. The van der Waals surface area contributed by atoms with Crippen molar-refractivity contribution < 1.29 is 9.78 Å². The molecule has 1 aromatic carbocycles. The Kier molecular flexibility index (Phi) is 5.95. The lowest BCUT2D eigenvalue weighted by atomic mass is 9.98. The molecule has 0 aliphatic rings. The van der Waals surface area contributed by atoms with Crippen LogP contribution in [0.5, 0.6) is 0 Å². The maximum absolute atomic E-state index is 5.10. The summed E-state index contributed by atoms with van der Waals surface area (Å²) in [5.41, 5.74) is 3.45. The Bertz CT molecular complexity index is 340. The van der Waals surface area contributed by atoms with Crippen LogP contribution >= 0.6 is 0 Å². The van der Waals surface area contributed by atoms with Crippen LogP contribution in [0.25, 0.3) is 0 Å². The van der Waals surface area contributed by atoms with Crippen molar-refractivity contribution in [2.24, 2.45) is 0 Å². The van der Waals surface area contributed by atoms with Crippen molar-refractivity contribution >= 4 is 0 Å². The fourth-order valence-corrected chi connectivity index (χ4v) is 1.43. The van der Waals surface area contributed by atoms with Crippen LogP contribution in [-0.4, -0.2) is 6.61 Å². The lowest BCUT2D eigenvalue weighted by Gasteiger charge is -2.09. The Hall–Kier alpha value is -1.12. The molecule has 0 heterocycles. The predicted molar refractivity (Wildman–Crippen MR) is 70.7 cm³/mol. The van der Waals surface area contributed by atoms with Gasteiger partial charge in [0.25, 0.3) is 0 Å². The van der Waals surface area contributed by atoms with Crippen molar-refractivity contribution in [2.45, 2.75) is 39.7 Å². The monoisotopic (exact) mass is 234 g/mol. The van der Waals surface area contributed by atoms with Gasteiger partial charge in [0.05, 0.1) is 0 Å². The zero-order chi connectivity index (χ0) is 12.7. The van der Waals surface area contributed by atoms with Gasteiger partial charge in [-0.05, 0) is 30.4 Å². The average Bonchev–Trinajstić information content (AvgIpc) is 2.34. The van der Waals surface area contributed by atoms with E-state index in [0.29, 0.717) is 19.1 Å². The molecule has 0 spiro atoms. The molecule has 0 aromatic heterocycles. The minimum atomic E-state index is 0.449. The van der Waals surface area contributed by atoms with Crippen LogP contribution in [-0.2, 0) is 16.4 Å². The summed E-state index contributed by atoms with van der Waals surface area (Å²) in [6, 6.07) is 8.49. The minimum Gasteiger partial charge on any atom is -0.232 e. The molecule has 0 amide bonds. The standard InChI is InChI=1S/C15H22O2/c1-5-13(4)15-8-6-14(7-9-15)11-17-16-10-12(2)3/h6-9,13H,2,5,10-11H2,1,3-4H3. The summed E-state index contributed by atoms with van der Waals surface area (Å²) in [7, 11) is 0. The number of rotatable bonds is 7. The van der Waals surface area contributed by atoms with Crippen molar-refractivity contribution in [3.63, 3.8) is 0 Å². The van der Waals surface area contributed by atoms with Crippen LogP contribution in [0.3, 0.4) is 0 Å². The summed E-state index contributed by atoms with van der Waals surface area (Å²) >= 11 is 0. The summed E-state index contributed by atoms with van der Waals surface area (Å²) < 4.78 is 0. The van der Waals surface area contributed by atoms with E-state index in [2.05, 4.69) is 44.7 Å². The molecule has 0 saturated heterocycles. The van der Waals surface area contributed by atoms with Gasteiger partial charge in [-0.1, -0.05) is 50.3 Å². The van der Waals surface area contributed by atoms with Gasteiger partial charge in [-0.2, -0.15) is 0 Å². The average molecular weight is 234 g/mol. The van der Waals surface area contributed by atoms with E-state index >= 15 is 0 Å². The normalized spacial score (nSPS) is 12.4. The molecule has 1 aromatic rings. The van der Waals surface area contributed by atoms with Gasteiger partial charge in [0, 0.05) is 0 Å². The molecule has 2 heteroatoms. The SMILES string of the molecule is C=C(C)COOCc1ccc(C(C)CC)cc1. The molecule has 0 aliphatic heterocycles. The van der Waals surface area contributed by atoms with E-state index in [1.807, 2.05) is 6.92 Å². The zero-order valence-corrected chi connectivity index (χ0v) is 11.0. The van der Waals surface area contributed by atoms with Gasteiger partial charge < -0.3 is 0 Å². The van der Waals surface area contributed by atoms with E-state index in [4.69, 9.17) is 9.78 Å². The first-order valence-corrected chi connectivity index (χ1v) is 6.11. The summed E-state index contributed by atoms with van der Waals surface area (Å²) in [6.07, 6.45) is 1.16. The van der Waals surface area contributed by atoms with Crippen LogP contribution in [0.15, 0.2) is 36.4 Å². The molecule has 0 saturated carbocycles. The lowest BCUT2D eigenvalue weighted by molar-refractivity contribution is -0.297. The van der Waals surface area contributed by atoms with Gasteiger partial charge in [0.2, 0.25) is 0 Å². The highest BCUT2D eigenvalue weighted by molar-refractivity contribution is 5.24. The van der Waals surface area contributed by atoms with Crippen molar-refractivity contribution in [2.75, 3.05) is 6.61 Å². The second-order valence-electron chi connectivity index (χ2n) is 4.53.